The van der Waals surface area contributed by atoms with Gasteiger partial charge in [-0.15, -0.1) is 0 Å². The SMILES string of the molecule is CC(C)(C#N)CCCCOc1ccc(Br)c(CBr)c1. The van der Waals surface area contributed by atoms with E-state index >= 15 is 0 Å². The molecule has 0 spiro atoms. The summed E-state index contributed by atoms with van der Waals surface area (Å²) in [6.07, 6.45) is 2.91. The minimum Gasteiger partial charge on any atom is -0.494 e. The number of alkyl halides is 1. The first kappa shape index (κ1) is 16.5. The molecule has 1 rings (SSSR count). The summed E-state index contributed by atoms with van der Waals surface area (Å²) in [7, 11) is 0. The van der Waals surface area contributed by atoms with E-state index in [4.69, 9.17) is 10.00 Å². The highest BCUT2D eigenvalue weighted by Gasteiger charge is 2.15. The third kappa shape index (κ3) is 5.97. The molecule has 0 radical (unpaired) electrons. The van der Waals surface area contributed by atoms with Crippen molar-refractivity contribution in [1.29, 1.82) is 5.26 Å². The van der Waals surface area contributed by atoms with Crippen LogP contribution in [0.5, 0.6) is 5.75 Å². The van der Waals surface area contributed by atoms with Crippen LogP contribution in [-0.2, 0) is 5.33 Å². The Bertz CT molecular complexity index is 452. The van der Waals surface area contributed by atoms with Crippen molar-refractivity contribution in [2.75, 3.05) is 6.61 Å². The lowest BCUT2D eigenvalue weighted by Crippen LogP contribution is -2.08. The molecular formula is C15H19Br2NO. The van der Waals surface area contributed by atoms with Crippen LogP contribution < -0.4 is 4.74 Å². The van der Waals surface area contributed by atoms with Gasteiger partial charge in [0.25, 0.3) is 0 Å². The van der Waals surface area contributed by atoms with Crippen molar-refractivity contribution in [2.45, 2.75) is 38.4 Å². The largest absolute Gasteiger partial charge is 0.494 e. The fraction of sp³-hybridized carbons (Fsp3) is 0.533. The van der Waals surface area contributed by atoms with E-state index in [1.807, 2.05) is 32.0 Å². The standard InChI is InChI=1S/C15H19Br2NO/c1-15(2,11-18)7-3-4-8-19-13-5-6-14(17)12(9-13)10-16/h5-6,9H,3-4,7-8,10H2,1-2H3. The number of nitrogens with zero attached hydrogens (tertiary/aromatic N) is 1. The molecule has 0 saturated heterocycles. The maximum absolute atomic E-state index is 8.92. The molecule has 0 bridgehead atoms. The van der Waals surface area contributed by atoms with Crippen LogP contribution >= 0.6 is 31.9 Å². The lowest BCUT2D eigenvalue weighted by Gasteiger charge is -2.14. The van der Waals surface area contributed by atoms with Crippen molar-refractivity contribution in [2.24, 2.45) is 5.41 Å². The average Bonchev–Trinajstić information content (AvgIpc) is 2.40. The Morgan fingerprint density at radius 3 is 2.68 bits per heavy atom. The summed E-state index contributed by atoms with van der Waals surface area (Å²) in [6.45, 7) is 4.65. The summed E-state index contributed by atoms with van der Waals surface area (Å²) in [5.41, 5.74) is 0.962. The Morgan fingerprint density at radius 2 is 2.05 bits per heavy atom. The summed E-state index contributed by atoms with van der Waals surface area (Å²) in [4.78, 5) is 0. The molecule has 0 fully saturated rings. The van der Waals surface area contributed by atoms with Crippen molar-refractivity contribution in [1.82, 2.24) is 0 Å². The Hall–Kier alpha value is -0.530. The highest BCUT2D eigenvalue weighted by Crippen LogP contribution is 2.25. The summed E-state index contributed by atoms with van der Waals surface area (Å²) in [6, 6.07) is 8.33. The molecule has 0 N–H and O–H groups in total. The van der Waals surface area contributed by atoms with Gasteiger partial charge in [-0.05, 0) is 56.9 Å². The van der Waals surface area contributed by atoms with Gasteiger partial charge in [-0.3, -0.25) is 0 Å². The quantitative estimate of drug-likeness (QED) is 0.460. The number of rotatable bonds is 7. The first-order valence-electron chi connectivity index (χ1n) is 6.37. The van der Waals surface area contributed by atoms with Crippen molar-refractivity contribution in [3.8, 4) is 11.8 Å². The minimum absolute atomic E-state index is 0.221. The number of hydrogen-bond donors (Lipinski definition) is 0. The lowest BCUT2D eigenvalue weighted by atomic mass is 9.89. The smallest absolute Gasteiger partial charge is 0.119 e. The molecular weight excluding hydrogens is 370 g/mol. The topological polar surface area (TPSA) is 33.0 Å². The summed E-state index contributed by atoms with van der Waals surface area (Å²) in [5.74, 6) is 0.900. The first-order chi connectivity index (χ1) is 8.98. The van der Waals surface area contributed by atoms with Crippen LogP contribution in [0, 0.1) is 16.7 Å². The number of halogens is 2. The van der Waals surface area contributed by atoms with Crippen LogP contribution in [-0.4, -0.2) is 6.61 Å². The van der Waals surface area contributed by atoms with E-state index in [2.05, 4.69) is 37.9 Å². The van der Waals surface area contributed by atoms with Gasteiger partial charge in [-0.25, -0.2) is 0 Å². The van der Waals surface area contributed by atoms with Gasteiger partial charge in [0.2, 0.25) is 0 Å². The average molecular weight is 389 g/mol. The molecule has 0 aliphatic carbocycles. The molecule has 19 heavy (non-hydrogen) atoms. The summed E-state index contributed by atoms with van der Waals surface area (Å²) in [5, 5.41) is 9.73. The summed E-state index contributed by atoms with van der Waals surface area (Å²) >= 11 is 6.95. The van der Waals surface area contributed by atoms with E-state index in [9.17, 15) is 0 Å². The van der Waals surface area contributed by atoms with E-state index in [0.29, 0.717) is 6.61 Å². The van der Waals surface area contributed by atoms with Crippen LogP contribution in [0.15, 0.2) is 22.7 Å². The maximum atomic E-state index is 8.92. The zero-order chi connectivity index (χ0) is 14.3. The van der Waals surface area contributed by atoms with Gasteiger partial charge >= 0.3 is 0 Å². The molecule has 0 saturated carbocycles. The van der Waals surface area contributed by atoms with Crippen molar-refractivity contribution >= 4 is 31.9 Å². The number of hydrogen-bond acceptors (Lipinski definition) is 2. The number of ether oxygens (including phenoxy) is 1. The molecule has 2 nitrogen and oxygen atoms in total. The molecule has 0 atom stereocenters. The molecule has 0 aliphatic heterocycles. The Morgan fingerprint density at radius 1 is 1.32 bits per heavy atom. The van der Waals surface area contributed by atoms with Crippen LogP contribution in [0.1, 0.15) is 38.7 Å². The predicted octanol–water partition coefficient (Wildman–Crippen LogP) is 5.44. The van der Waals surface area contributed by atoms with Crippen molar-refractivity contribution in [3.05, 3.63) is 28.2 Å². The molecule has 0 aliphatic rings. The highest BCUT2D eigenvalue weighted by molar-refractivity contribution is 9.10. The molecule has 0 heterocycles. The Balaban J connectivity index is 2.32. The Kier molecular flexibility index (Phi) is 6.88. The minimum atomic E-state index is -0.221. The molecule has 1 aromatic carbocycles. The van der Waals surface area contributed by atoms with Crippen LogP contribution in [0.2, 0.25) is 0 Å². The van der Waals surface area contributed by atoms with Gasteiger partial charge < -0.3 is 4.74 Å². The molecule has 0 unspecified atom stereocenters. The first-order valence-corrected chi connectivity index (χ1v) is 8.28. The Labute approximate surface area is 132 Å². The molecule has 4 heteroatoms. The number of benzene rings is 1. The van der Waals surface area contributed by atoms with Crippen LogP contribution in [0.4, 0.5) is 0 Å². The summed E-state index contributed by atoms with van der Waals surface area (Å²) < 4.78 is 6.82. The zero-order valence-electron chi connectivity index (χ0n) is 11.4. The predicted molar refractivity (Wildman–Crippen MR) is 85.5 cm³/mol. The fourth-order valence-corrected chi connectivity index (χ4v) is 2.89. The van der Waals surface area contributed by atoms with Gasteiger partial charge in [0.1, 0.15) is 5.75 Å². The second kappa shape index (κ2) is 7.91. The lowest BCUT2D eigenvalue weighted by molar-refractivity contribution is 0.295. The van der Waals surface area contributed by atoms with Gasteiger partial charge in [-0.1, -0.05) is 31.9 Å². The molecule has 1 aromatic rings. The van der Waals surface area contributed by atoms with Gasteiger partial charge in [0, 0.05) is 9.80 Å². The molecule has 0 amide bonds. The highest BCUT2D eigenvalue weighted by atomic mass is 79.9. The van der Waals surface area contributed by atoms with E-state index in [1.54, 1.807) is 0 Å². The second-order valence-corrected chi connectivity index (χ2v) is 6.60. The normalized spacial score (nSPS) is 11.1. The van der Waals surface area contributed by atoms with E-state index in [-0.39, 0.29) is 5.41 Å². The van der Waals surface area contributed by atoms with E-state index < -0.39 is 0 Å². The van der Waals surface area contributed by atoms with Crippen LogP contribution in [0.3, 0.4) is 0 Å². The van der Waals surface area contributed by atoms with E-state index in [0.717, 1.165) is 34.8 Å². The van der Waals surface area contributed by atoms with Gasteiger partial charge in [-0.2, -0.15) is 5.26 Å². The zero-order valence-corrected chi connectivity index (χ0v) is 14.6. The third-order valence-electron chi connectivity index (χ3n) is 2.93. The van der Waals surface area contributed by atoms with E-state index in [1.165, 1.54) is 5.56 Å². The maximum Gasteiger partial charge on any atom is 0.119 e. The van der Waals surface area contributed by atoms with Crippen molar-refractivity contribution < 1.29 is 4.74 Å². The van der Waals surface area contributed by atoms with Gasteiger partial charge in [0.05, 0.1) is 18.1 Å². The number of nitriles is 1. The molecule has 104 valence electrons. The van der Waals surface area contributed by atoms with Crippen LogP contribution in [0.25, 0.3) is 0 Å². The second-order valence-electron chi connectivity index (χ2n) is 5.19. The number of unbranched alkanes of at least 4 members (excludes halogenated alkanes) is 1. The van der Waals surface area contributed by atoms with Gasteiger partial charge in [0.15, 0.2) is 0 Å². The third-order valence-corrected chi connectivity index (χ3v) is 4.31. The monoisotopic (exact) mass is 387 g/mol. The fourth-order valence-electron chi connectivity index (χ4n) is 1.66. The molecule has 0 aromatic heterocycles. The van der Waals surface area contributed by atoms with Crippen molar-refractivity contribution in [3.63, 3.8) is 0 Å².